The van der Waals surface area contributed by atoms with E-state index >= 15 is 0 Å². The highest BCUT2D eigenvalue weighted by Gasteiger charge is 2.17. The van der Waals surface area contributed by atoms with Crippen LogP contribution in [0.4, 0.5) is 10.5 Å². The number of urea groups is 1. The predicted molar refractivity (Wildman–Crippen MR) is 79.0 cm³/mol. The maximum absolute atomic E-state index is 12.1. The molecule has 0 aliphatic rings. The number of nitrogens with zero attached hydrogens (tertiary/aromatic N) is 1. The van der Waals surface area contributed by atoms with Crippen molar-refractivity contribution >= 4 is 29.3 Å². The van der Waals surface area contributed by atoms with Gasteiger partial charge in [0.2, 0.25) is 0 Å². The smallest absolute Gasteiger partial charge is 0.325 e. The Morgan fingerprint density at radius 2 is 1.90 bits per heavy atom. The first-order chi connectivity index (χ1) is 9.56. The number of carbonyl (C=O) groups is 2. The Labute approximate surface area is 123 Å². The van der Waals surface area contributed by atoms with Gasteiger partial charge < -0.3 is 15.0 Å². The number of carbonyl (C=O) groups excluding carboxylic acids is 2. The van der Waals surface area contributed by atoms with Crippen molar-refractivity contribution < 1.29 is 14.3 Å². The van der Waals surface area contributed by atoms with Gasteiger partial charge in [0.15, 0.2) is 0 Å². The third-order valence-electron chi connectivity index (χ3n) is 2.50. The first-order valence-electron chi connectivity index (χ1n) is 6.54. The van der Waals surface area contributed by atoms with Gasteiger partial charge in [-0.25, -0.2) is 4.79 Å². The first kappa shape index (κ1) is 16.3. The van der Waals surface area contributed by atoms with Gasteiger partial charge in [-0.2, -0.15) is 0 Å². The molecule has 0 aliphatic heterocycles. The van der Waals surface area contributed by atoms with Crippen molar-refractivity contribution in [1.29, 1.82) is 0 Å². The zero-order valence-electron chi connectivity index (χ0n) is 11.7. The second-order valence-corrected chi connectivity index (χ2v) is 4.60. The molecule has 0 saturated heterocycles. The van der Waals surface area contributed by atoms with Crippen LogP contribution < -0.4 is 5.32 Å². The van der Waals surface area contributed by atoms with Crippen LogP contribution in [-0.2, 0) is 9.53 Å². The van der Waals surface area contributed by atoms with Crippen LogP contribution in [0.25, 0.3) is 0 Å². The van der Waals surface area contributed by atoms with Crippen LogP contribution in [0.15, 0.2) is 24.3 Å². The van der Waals surface area contributed by atoms with Gasteiger partial charge in [0.05, 0.1) is 6.61 Å². The second-order valence-electron chi connectivity index (χ2n) is 4.16. The fourth-order valence-electron chi connectivity index (χ4n) is 1.62. The minimum atomic E-state index is -0.410. The summed E-state index contributed by atoms with van der Waals surface area (Å²) in [6.07, 6.45) is 0.757. The molecule has 0 spiro atoms. The zero-order valence-corrected chi connectivity index (χ0v) is 12.4. The molecular formula is C14H19ClN2O3. The van der Waals surface area contributed by atoms with Crippen LogP contribution in [0.1, 0.15) is 20.3 Å². The molecule has 0 saturated carbocycles. The summed E-state index contributed by atoms with van der Waals surface area (Å²) in [5.74, 6) is -0.410. The lowest BCUT2D eigenvalue weighted by Gasteiger charge is -2.21. The molecule has 2 amide bonds. The van der Waals surface area contributed by atoms with Crippen LogP contribution in [0, 0.1) is 0 Å². The molecule has 1 aromatic carbocycles. The van der Waals surface area contributed by atoms with Crippen molar-refractivity contribution in [3.8, 4) is 0 Å². The van der Waals surface area contributed by atoms with Gasteiger partial charge in [-0.05, 0) is 37.6 Å². The largest absolute Gasteiger partial charge is 0.465 e. The number of ether oxygens (including phenoxy) is 1. The lowest BCUT2D eigenvalue weighted by molar-refractivity contribution is -0.143. The average molecular weight is 299 g/mol. The second kappa shape index (κ2) is 8.43. The number of hydrogen-bond acceptors (Lipinski definition) is 3. The number of anilines is 1. The lowest BCUT2D eigenvalue weighted by Crippen LogP contribution is -2.39. The van der Waals surface area contributed by atoms with Gasteiger partial charge in [-0.1, -0.05) is 18.5 Å². The SMILES string of the molecule is CCCN(CC(=O)OCC)C(=O)Nc1ccc(Cl)cc1. The van der Waals surface area contributed by atoms with E-state index in [0.29, 0.717) is 23.9 Å². The Morgan fingerprint density at radius 3 is 2.45 bits per heavy atom. The van der Waals surface area contributed by atoms with E-state index < -0.39 is 5.97 Å². The van der Waals surface area contributed by atoms with Crippen molar-refractivity contribution in [1.82, 2.24) is 4.90 Å². The van der Waals surface area contributed by atoms with E-state index in [9.17, 15) is 9.59 Å². The van der Waals surface area contributed by atoms with Crippen molar-refractivity contribution in [2.24, 2.45) is 0 Å². The summed E-state index contributed by atoms with van der Waals surface area (Å²) in [7, 11) is 0. The van der Waals surface area contributed by atoms with E-state index in [-0.39, 0.29) is 12.6 Å². The molecule has 5 nitrogen and oxygen atoms in total. The molecule has 0 aliphatic carbocycles. The van der Waals surface area contributed by atoms with Crippen LogP contribution in [0.2, 0.25) is 5.02 Å². The van der Waals surface area contributed by atoms with Crippen molar-refractivity contribution in [3.63, 3.8) is 0 Å². The fourth-order valence-corrected chi connectivity index (χ4v) is 1.75. The van der Waals surface area contributed by atoms with Gasteiger partial charge in [0.25, 0.3) is 0 Å². The third-order valence-corrected chi connectivity index (χ3v) is 2.75. The van der Waals surface area contributed by atoms with Crippen molar-refractivity contribution in [2.75, 3.05) is 25.0 Å². The third kappa shape index (κ3) is 5.48. The molecule has 1 aromatic rings. The highest BCUT2D eigenvalue weighted by atomic mass is 35.5. The number of rotatable bonds is 6. The molecular weight excluding hydrogens is 280 g/mol. The van der Waals surface area contributed by atoms with E-state index in [1.807, 2.05) is 6.92 Å². The van der Waals surface area contributed by atoms with Crippen molar-refractivity contribution in [3.05, 3.63) is 29.3 Å². The molecule has 0 fully saturated rings. The summed E-state index contributed by atoms with van der Waals surface area (Å²) in [6.45, 7) is 4.40. The molecule has 0 heterocycles. The molecule has 0 radical (unpaired) electrons. The summed E-state index contributed by atoms with van der Waals surface area (Å²) in [4.78, 5) is 25.0. The molecule has 0 bridgehead atoms. The van der Waals surface area contributed by atoms with E-state index in [2.05, 4.69) is 5.32 Å². The molecule has 0 unspecified atom stereocenters. The molecule has 6 heteroatoms. The molecule has 1 N–H and O–H groups in total. The number of benzene rings is 1. The van der Waals surface area contributed by atoms with E-state index in [4.69, 9.17) is 16.3 Å². The Balaban J connectivity index is 2.63. The van der Waals surface area contributed by atoms with E-state index in [1.165, 1.54) is 4.90 Å². The quantitative estimate of drug-likeness (QED) is 0.821. The number of halogens is 1. The summed E-state index contributed by atoms with van der Waals surface area (Å²) in [5, 5.41) is 3.32. The molecule has 0 atom stereocenters. The topological polar surface area (TPSA) is 58.6 Å². The van der Waals surface area contributed by atoms with Crippen LogP contribution in [0.3, 0.4) is 0 Å². The summed E-state index contributed by atoms with van der Waals surface area (Å²) >= 11 is 5.78. The highest BCUT2D eigenvalue weighted by molar-refractivity contribution is 6.30. The zero-order chi connectivity index (χ0) is 15.0. The summed E-state index contributed by atoms with van der Waals surface area (Å²) in [6, 6.07) is 6.45. The summed E-state index contributed by atoms with van der Waals surface area (Å²) < 4.78 is 4.86. The number of nitrogens with one attached hydrogen (secondary N) is 1. The minimum absolute atomic E-state index is 0.0545. The molecule has 110 valence electrons. The monoisotopic (exact) mass is 298 g/mol. The molecule has 20 heavy (non-hydrogen) atoms. The van der Waals surface area contributed by atoms with Crippen LogP contribution in [0.5, 0.6) is 0 Å². The molecule has 0 aromatic heterocycles. The normalized spacial score (nSPS) is 9.95. The first-order valence-corrected chi connectivity index (χ1v) is 6.91. The fraction of sp³-hybridized carbons (Fsp3) is 0.429. The van der Waals surface area contributed by atoms with Gasteiger partial charge in [-0.3, -0.25) is 4.79 Å². The Hall–Kier alpha value is -1.75. The number of amides is 2. The lowest BCUT2D eigenvalue weighted by atomic mass is 10.3. The summed E-state index contributed by atoms with van der Waals surface area (Å²) in [5.41, 5.74) is 0.629. The number of esters is 1. The van der Waals surface area contributed by atoms with Gasteiger partial charge in [0.1, 0.15) is 6.54 Å². The van der Waals surface area contributed by atoms with E-state index in [0.717, 1.165) is 6.42 Å². The molecule has 1 rings (SSSR count). The van der Waals surface area contributed by atoms with Crippen LogP contribution in [-0.4, -0.2) is 36.6 Å². The van der Waals surface area contributed by atoms with Gasteiger partial charge in [-0.15, -0.1) is 0 Å². The van der Waals surface area contributed by atoms with Crippen molar-refractivity contribution in [2.45, 2.75) is 20.3 Å². The maximum Gasteiger partial charge on any atom is 0.325 e. The van der Waals surface area contributed by atoms with Crippen LogP contribution >= 0.6 is 11.6 Å². The Kier molecular flexibility index (Phi) is 6.87. The van der Waals surface area contributed by atoms with Gasteiger partial charge in [0, 0.05) is 17.3 Å². The maximum atomic E-state index is 12.1. The van der Waals surface area contributed by atoms with Gasteiger partial charge >= 0.3 is 12.0 Å². The van der Waals surface area contributed by atoms with E-state index in [1.54, 1.807) is 31.2 Å². The predicted octanol–water partition coefficient (Wildman–Crippen LogP) is 3.15. The Bertz CT molecular complexity index is 448. The average Bonchev–Trinajstić information content (AvgIpc) is 2.41. The Morgan fingerprint density at radius 1 is 1.25 bits per heavy atom. The highest BCUT2D eigenvalue weighted by Crippen LogP contribution is 2.14. The number of hydrogen-bond donors (Lipinski definition) is 1. The minimum Gasteiger partial charge on any atom is -0.465 e. The standard InChI is InChI=1S/C14H19ClN2O3/c1-3-9-17(10-13(18)20-4-2)14(19)16-12-7-5-11(15)6-8-12/h5-8H,3-4,9-10H2,1-2H3,(H,16,19).